The number of hydrogen-bond acceptors (Lipinski definition) is 18. The number of halogens is 1. The maximum atomic E-state index is 13.9. The smallest absolute Gasteiger partial charge is 0.251 e. The van der Waals surface area contributed by atoms with Crippen molar-refractivity contribution in [3.63, 3.8) is 0 Å². The second kappa shape index (κ2) is 37.3. The van der Waals surface area contributed by atoms with E-state index in [4.69, 9.17) is 45.8 Å². The van der Waals surface area contributed by atoms with Crippen molar-refractivity contribution in [1.82, 2.24) is 56.2 Å². The van der Waals surface area contributed by atoms with E-state index in [-0.39, 0.29) is 60.5 Å². The Balaban J connectivity index is 0.579. The van der Waals surface area contributed by atoms with Crippen molar-refractivity contribution in [2.45, 2.75) is 101 Å². The molecule has 0 bridgehead atoms. The molecule has 1 aliphatic carbocycles. The Morgan fingerprint density at radius 2 is 1.44 bits per heavy atom. The maximum Gasteiger partial charge on any atom is 0.251 e. The number of carbonyl (C=O) groups excluding carboxylic acids is 5. The zero-order chi connectivity index (χ0) is 65.9. The molecule has 4 fully saturated rings. The molecule has 3 aromatic carbocycles. The Labute approximate surface area is 557 Å². The number of hydrogen-bond donors (Lipinski definition) is 7. The first-order valence-corrected chi connectivity index (χ1v) is 34.1. The van der Waals surface area contributed by atoms with Gasteiger partial charge < -0.3 is 80.4 Å². The molecule has 1 saturated carbocycles. The van der Waals surface area contributed by atoms with Crippen molar-refractivity contribution in [2.24, 2.45) is 11.7 Å². The summed E-state index contributed by atoms with van der Waals surface area (Å²) >= 11 is 6.26. The van der Waals surface area contributed by atoms with E-state index in [1.54, 1.807) is 19.5 Å². The number of likely N-dealkylation sites (tertiary alicyclic amines) is 1. The molecule has 0 spiro atoms. The molecule has 25 heteroatoms. The summed E-state index contributed by atoms with van der Waals surface area (Å²) in [5.74, 6) is 1.80. The Morgan fingerprint density at radius 1 is 0.734 bits per heavy atom. The van der Waals surface area contributed by atoms with Crippen LogP contribution in [0.1, 0.15) is 110 Å². The SMILES string of the molecule is CCOc1cc(OC)ccc1CNCC(=O)N1CCCC(c2cccc(C(=O)N[C@@H](C(=O)NCCOCCOCCOCCOCCNCC(=O)N3CCN(CC[C@H](NC(=O)C4(N)CCN(c5ncnc6[nH]ccc56)CC4)c4ccc(Cl)cc4)CC3)C3CCCCC3)c2)C1. The normalized spacial score (nSPS) is 17.7. The predicted octanol–water partition coefficient (Wildman–Crippen LogP) is 5.36. The quantitative estimate of drug-likeness (QED) is 0.0249. The molecule has 5 heterocycles. The van der Waals surface area contributed by atoms with Crippen molar-refractivity contribution >= 4 is 58.0 Å². The molecule has 3 atom stereocenters. The van der Waals surface area contributed by atoms with E-state index in [1.165, 1.54) is 0 Å². The first-order chi connectivity index (χ1) is 45.9. The summed E-state index contributed by atoms with van der Waals surface area (Å²) in [7, 11) is 1.62. The fourth-order valence-corrected chi connectivity index (χ4v) is 13.0. The van der Waals surface area contributed by atoms with Gasteiger partial charge in [0.15, 0.2) is 0 Å². The van der Waals surface area contributed by atoms with E-state index in [9.17, 15) is 24.0 Å². The summed E-state index contributed by atoms with van der Waals surface area (Å²) in [6.45, 7) is 13.1. The topological polar surface area (TPSA) is 281 Å². The van der Waals surface area contributed by atoms with E-state index >= 15 is 0 Å². The summed E-state index contributed by atoms with van der Waals surface area (Å²) in [4.78, 5) is 88.4. The summed E-state index contributed by atoms with van der Waals surface area (Å²) < 4.78 is 34.0. The Kier molecular flexibility index (Phi) is 28.3. The molecule has 5 amide bonds. The van der Waals surface area contributed by atoms with E-state index in [2.05, 4.69) is 51.3 Å². The van der Waals surface area contributed by atoms with Crippen molar-refractivity contribution < 1.29 is 52.4 Å². The summed E-state index contributed by atoms with van der Waals surface area (Å²) in [5.41, 5.74) is 10.0. The van der Waals surface area contributed by atoms with Gasteiger partial charge in [0.1, 0.15) is 35.3 Å². The van der Waals surface area contributed by atoms with Crippen LogP contribution in [0.15, 0.2) is 85.3 Å². The molecule has 9 rings (SSSR count). The third kappa shape index (κ3) is 21.2. The minimum atomic E-state index is -1.02. The number of nitrogens with two attached hydrogens (primary N) is 1. The molecular weight excluding hydrogens is 1220 g/mol. The van der Waals surface area contributed by atoms with Gasteiger partial charge in [0.05, 0.1) is 96.6 Å². The summed E-state index contributed by atoms with van der Waals surface area (Å²) in [5, 5.41) is 17.5. The number of methoxy groups -OCH3 is 1. The number of nitrogens with one attached hydrogen (secondary N) is 6. The van der Waals surface area contributed by atoms with Crippen LogP contribution in [0.25, 0.3) is 11.0 Å². The molecule has 8 N–H and O–H groups in total. The summed E-state index contributed by atoms with van der Waals surface area (Å²) in [6, 6.07) is 21.9. The zero-order valence-electron chi connectivity index (χ0n) is 54.9. The number of fused-ring (bicyclic) bond motifs is 1. The van der Waals surface area contributed by atoms with Crippen molar-refractivity contribution in [1.29, 1.82) is 0 Å². The summed E-state index contributed by atoms with van der Waals surface area (Å²) in [6.07, 6.45) is 11.7. The number of ether oxygens (including phenoxy) is 6. The minimum Gasteiger partial charge on any atom is -0.497 e. The average molecular weight is 1320 g/mol. The number of H-pyrrole nitrogens is 1. The second-order valence-corrected chi connectivity index (χ2v) is 25.2. The maximum absolute atomic E-state index is 13.9. The molecule has 3 aliphatic heterocycles. The van der Waals surface area contributed by atoms with Crippen LogP contribution >= 0.6 is 11.6 Å². The first kappa shape index (κ1) is 71.3. The monoisotopic (exact) mass is 1320 g/mol. The number of aromatic nitrogens is 3. The Morgan fingerprint density at radius 3 is 2.16 bits per heavy atom. The van der Waals surface area contributed by atoms with Gasteiger partial charge in [-0.15, -0.1) is 0 Å². The molecule has 1 unspecified atom stereocenters. The lowest BCUT2D eigenvalue weighted by atomic mass is 9.83. The van der Waals surface area contributed by atoms with E-state index in [0.29, 0.717) is 154 Å². The van der Waals surface area contributed by atoms with Crippen LogP contribution in [0.2, 0.25) is 5.02 Å². The highest BCUT2D eigenvalue weighted by Crippen LogP contribution is 2.32. The number of rotatable bonds is 36. The van der Waals surface area contributed by atoms with E-state index in [1.807, 2.05) is 89.7 Å². The molecular formula is C69H98ClN13O11. The third-order valence-corrected chi connectivity index (χ3v) is 18.6. The molecule has 3 saturated heterocycles. The average Bonchev–Trinajstić information content (AvgIpc) is 1.37. The van der Waals surface area contributed by atoms with Gasteiger partial charge in [-0.2, -0.15) is 0 Å². The number of piperazine rings is 1. The number of anilines is 1. The first-order valence-electron chi connectivity index (χ1n) is 33.7. The fourth-order valence-electron chi connectivity index (χ4n) is 12.9. The lowest BCUT2D eigenvalue weighted by molar-refractivity contribution is -0.132. The van der Waals surface area contributed by atoms with Crippen LogP contribution in [0.3, 0.4) is 0 Å². The van der Waals surface area contributed by atoms with Gasteiger partial charge in [0.25, 0.3) is 5.91 Å². The number of carbonyl (C=O) groups is 5. The van der Waals surface area contributed by atoms with Crippen LogP contribution in [0.5, 0.6) is 11.5 Å². The van der Waals surface area contributed by atoms with E-state index < -0.39 is 11.6 Å². The molecule has 512 valence electrons. The van der Waals surface area contributed by atoms with Crippen LogP contribution in [0.4, 0.5) is 5.82 Å². The lowest BCUT2D eigenvalue weighted by Gasteiger charge is -2.39. The van der Waals surface area contributed by atoms with Crippen LogP contribution in [-0.2, 0) is 44.7 Å². The van der Waals surface area contributed by atoms with Crippen LogP contribution in [-0.4, -0.2) is 222 Å². The standard InChI is InChI=1S/C69H98ClN13O11/c1-3-94-60-44-57(89-2)19-16-54(60)45-73-47-62(85)83-27-8-13-55(48-83)52-11-7-12-53(43-52)66(86)79-63(51-9-5-4-6-10-51)67(87)75-26-36-91-38-40-93-42-41-92-39-37-90-35-25-72-46-61(84)81-33-31-80(32-34-81)28-21-59(50-14-17-56(70)18-15-50)78-68(88)69(71)22-29-82(30-23-69)65-58-20-24-74-64(58)76-49-77-65/h7,11-12,14-20,24,43-44,49,51,55,59,63,72-73H,3-6,8-10,13,21-23,25-42,45-48,71H2,1-2H3,(H,75,87)(H,78,88)(H,79,86)(H,74,76,77)/t55?,59-,63+/m0/s1. The molecule has 2 aromatic heterocycles. The Bertz CT molecular complexity index is 3170. The number of nitrogens with zero attached hydrogens (tertiary/aromatic N) is 6. The molecule has 94 heavy (non-hydrogen) atoms. The Hall–Kier alpha value is -7.00. The largest absolute Gasteiger partial charge is 0.497 e. The minimum absolute atomic E-state index is 0.0264. The van der Waals surface area contributed by atoms with Gasteiger partial charge >= 0.3 is 0 Å². The molecule has 0 radical (unpaired) electrons. The van der Waals surface area contributed by atoms with Gasteiger partial charge in [0.2, 0.25) is 23.6 Å². The van der Waals surface area contributed by atoms with Gasteiger partial charge in [0, 0.05) is 113 Å². The molecule has 24 nitrogen and oxygen atoms in total. The number of benzene rings is 3. The number of piperidine rings is 2. The predicted molar refractivity (Wildman–Crippen MR) is 360 cm³/mol. The van der Waals surface area contributed by atoms with Gasteiger partial charge in [-0.25, -0.2) is 9.97 Å². The van der Waals surface area contributed by atoms with Crippen molar-refractivity contribution in [2.75, 3.05) is 157 Å². The third-order valence-electron chi connectivity index (χ3n) is 18.4. The number of aromatic amines is 1. The molecule has 5 aromatic rings. The highest BCUT2D eigenvalue weighted by molar-refractivity contribution is 6.30. The highest BCUT2D eigenvalue weighted by Gasteiger charge is 2.40. The van der Waals surface area contributed by atoms with Crippen molar-refractivity contribution in [3.05, 3.63) is 113 Å². The number of amides is 5. The zero-order valence-corrected chi connectivity index (χ0v) is 55.6. The molecule has 4 aliphatic rings. The fraction of sp³-hybridized carbons (Fsp3) is 0.580. The van der Waals surface area contributed by atoms with Gasteiger partial charge in [-0.3, -0.25) is 28.9 Å². The lowest BCUT2D eigenvalue weighted by Crippen LogP contribution is -2.60. The van der Waals surface area contributed by atoms with Gasteiger partial charge in [-0.1, -0.05) is 61.2 Å². The second-order valence-electron chi connectivity index (χ2n) is 24.8. The van der Waals surface area contributed by atoms with Crippen molar-refractivity contribution in [3.8, 4) is 11.5 Å². The van der Waals surface area contributed by atoms with Crippen LogP contribution < -0.4 is 46.7 Å². The highest BCUT2D eigenvalue weighted by atomic mass is 35.5. The van der Waals surface area contributed by atoms with E-state index in [0.717, 1.165) is 104 Å². The van der Waals surface area contributed by atoms with Gasteiger partial charge in [-0.05, 0) is 105 Å². The van der Waals surface area contributed by atoms with Crippen LogP contribution in [0, 0.1) is 5.92 Å².